The SMILES string of the molecule is CCCCc1ccc(-n2c(C)cc(/C=C(/C#N)C(=O)Nc3cccc(C)c3)c2C)cc1. The van der Waals surface area contributed by atoms with E-state index in [-0.39, 0.29) is 5.57 Å². The van der Waals surface area contributed by atoms with Gasteiger partial charge >= 0.3 is 0 Å². The van der Waals surface area contributed by atoms with Crippen molar-refractivity contribution in [3.63, 3.8) is 0 Å². The molecule has 0 bridgehead atoms. The molecule has 1 heterocycles. The molecule has 0 aliphatic heterocycles. The Morgan fingerprint density at radius 2 is 1.84 bits per heavy atom. The van der Waals surface area contributed by atoms with E-state index in [1.54, 1.807) is 6.08 Å². The summed E-state index contributed by atoms with van der Waals surface area (Å²) < 4.78 is 2.16. The van der Waals surface area contributed by atoms with Crippen LogP contribution < -0.4 is 5.32 Å². The Bertz CT molecular complexity index is 1140. The van der Waals surface area contributed by atoms with Gasteiger partial charge in [-0.2, -0.15) is 5.26 Å². The molecule has 1 N–H and O–H groups in total. The van der Waals surface area contributed by atoms with Gasteiger partial charge in [0.15, 0.2) is 0 Å². The molecule has 4 heteroatoms. The molecule has 2 aromatic carbocycles. The van der Waals surface area contributed by atoms with Gasteiger partial charge in [0.2, 0.25) is 0 Å². The van der Waals surface area contributed by atoms with E-state index >= 15 is 0 Å². The van der Waals surface area contributed by atoms with Gasteiger partial charge < -0.3 is 9.88 Å². The van der Waals surface area contributed by atoms with Gasteiger partial charge in [-0.25, -0.2) is 0 Å². The van der Waals surface area contributed by atoms with Gasteiger partial charge in [-0.05, 0) is 86.7 Å². The number of rotatable bonds is 7. The Kier molecular flexibility index (Phi) is 7.10. The summed E-state index contributed by atoms with van der Waals surface area (Å²) in [6.07, 6.45) is 5.14. The van der Waals surface area contributed by atoms with Crippen LogP contribution >= 0.6 is 0 Å². The Hall–Kier alpha value is -3.58. The molecule has 0 unspecified atom stereocenters. The third-order valence-electron chi connectivity index (χ3n) is 5.42. The first kappa shape index (κ1) is 22.1. The highest BCUT2D eigenvalue weighted by atomic mass is 16.1. The third kappa shape index (κ3) is 5.32. The van der Waals surface area contributed by atoms with Gasteiger partial charge in [-0.15, -0.1) is 0 Å². The van der Waals surface area contributed by atoms with E-state index in [9.17, 15) is 10.1 Å². The van der Waals surface area contributed by atoms with E-state index in [2.05, 4.69) is 41.1 Å². The minimum atomic E-state index is -0.404. The molecular formula is C27H29N3O. The molecule has 1 aromatic heterocycles. The smallest absolute Gasteiger partial charge is 0.266 e. The zero-order chi connectivity index (χ0) is 22.4. The van der Waals surface area contributed by atoms with E-state index in [0.717, 1.165) is 34.6 Å². The van der Waals surface area contributed by atoms with Gasteiger partial charge in [0.05, 0.1) is 0 Å². The first-order valence-corrected chi connectivity index (χ1v) is 10.7. The van der Waals surface area contributed by atoms with Crippen molar-refractivity contribution in [3.8, 4) is 11.8 Å². The van der Waals surface area contributed by atoms with Crippen LogP contribution in [0.2, 0.25) is 0 Å². The predicted molar refractivity (Wildman–Crippen MR) is 127 cm³/mol. The highest BCUT2D eigenvalue weighted by Crippen LogP contribution is 2.24. The normalized spacial score (nSPS) is 11.3. The first-order valence-electron chi connectivity index (χ1n) is 10.7. The third-order valence-corrected chi connectivity index (χ3v) is 5.42. The molecule has 1 amide bonds. The molecule has 0 fully saturated rings. The summed E-state index contributed by atoms with van der Waals surface area (Å²) in [6.45, 7) is 8.21. The topological polar surface area (TPSA) is 57.8 Å². The van der Waals surface area contributed by atoms with Crippen LogP contribution in [0.3, 0.4) is 0 Å². The molecule has 0 atom stereocenters. The first-order chi connectivity index (χ1) is 14.9. The molecule has 0 saturated carbocycles. The van der Waals surface area contributed by atoms with Crippen molar-refractivity contribution in [1.29, 1.82) is 5.26 Å². The molecular weight excluding hydrogens is 382 g/mol. The van der Waals surface area contributed by atoms with Crippen molar-refractivity contribution < 1.29 is 4.79 Å². The zero-order valence-corrected chi connectivity index (χ0v) is 18.7. The number of hydrogen-bond donors (Lipinski definition) is 1. The van der Waals surface area contributed by atoms with Gasteiger partial charge in [0, 0.05) is 22.8 Å². The van der Waals surface area contributed by atoms with E-state index in [1.165, 1.54) is 18.4 Å². The number of hydrogen-bond acceptors (Lipinski definition) is 2. The molecule has 158 valence electrons. The van der Waals surface area contributed by atoms with Crippen molar-refractivity contribution >= 4 is 17.7 Å². The predicted octanol–water partition coefficient (Wildman–Crippen LogP) is 6.29. The minimum Gasteiger partial charge on any atom is -0.321 e. The van der Waals surface area contributed by atoms with Crippen LogP contribution in [0, 0.1) is 32.1 Å². The van der Waals surface area contributed by atoms with E-state index in [1.807, 2.05) is 57.2 Å². The summed E-state index contributed by atoms with van der Waals surface area (Å²) in [7, 11) is 0. The maximum absolute atomic E-state index is 12.6. The number of aromatic nitrogens is 1. The Morgan fingerprint density at radius 3 is 2.48 bits per heavy atom. The fraction of sp³-hybridized carbons (Fsp3) is 0.259. The Balaban J connectivity index is 1.86. The van der Waals surface area contributed by atoms with Crippen LogP contribution in [0.1, 0.15) is 47.8 Å². The second kappa shape index (κ2) is 9.95. The standard InChI is InChI=1S/C27H29N3O/c1-5-6-9-22-11-13-26(14-12-22)30-20(3)16-23(21(30)4)17-24(18-28)27(31)29-25-10-7-8-19(2)15-25/h7-8,10-17H,5-6,9H2,1-4H3,(H,29,31)/b24-17-. The lowest BCUT2D eigenvalue weighted by molar-refractivity contribution is -0.112. The Morgan fingerprint density at radius 1 is 1.10 bits per heavy atom. The fourth-order valence-corrected chi connectivity index (χ4v) is 3.75. The number of carbonyl (C=O) groups excluding carboxylic acids is 1. The summed E-state index contributed by atoms with van der Waals surface area (Å²) in [5.41, 5.74) is 7.14. The monoisotopic (exact) mass is 411 g/mol. The highest BCUT2D eigenvalue weighted by molar-refractivity contribution is 6.09. The van der Waals surface area contributed by atoms with Crippen LogP contribution in [0.5, 0.6) is 0 Å². The molecule has 0 saturated heterocycles. The number of nitrogens with zero attached hydrogens (tertiary/aromatic N) is 2. The maximum Gasteiger partial charge on any atom is 0.266 e. The lowest BCUT2D eigenvalue weighted by atomic mass is 10.1. The summed E-state index contributed by atoms with van der Waals surface area (Å²) in [6, 6.07) is 20.2. The highest BCUT2D eigenvalue weighted by Gasteiger charge is 2.14. The van der Waals surface area contributed by atoms with Crippen molar-refractivity contribution in [2.45, 2.75) is 47.0 Å². The number of unbranched alkanes of at least 4 members (excludes halogenated alkanes) is 1. The minimum absolute atomic E-state index is 0.0802. The number of benzene rings is 2. The van der Waals surface area contributed by atoms with Crippen LogP contribution in [0.4, 0.5) is 5.69 Å². The average Bonchev–Trinajstić information content (AvgIpc) is 3.03. The van der Waals surface area contributed by atoms with Gasteiger partial charge in [-0.3, -0.25) is 4.79 Å². The lowest BCUT2D eigenvalue weighted by Crippen LogP contribution is -2.13. The number of nitrogens with one attached hydrogen (secondary N) is 1. The summed E-state index contributed by atoms with van der Waals surface area (Å²) in [5.74, 6) is -0.404. The van der Waals surface area contributed by atoms with Gasteiger partial charge in [-0.1, -0.05) is 37.6 Å². The molecule has 0 aliphatic carbocycles. The van der Waals surface area contributed by atoms with Crippen LogP contribution in [0.15, 0.2) is 60.2 Å². The van der Waals surface area contributed by atoms with Gasteiger partial charge in [0.25, 0.3) is 5.91 Å². The summed E-state index contributed by atoms with van der Waals surface area (Å²) >= 11 is 0. The molecule has 0 radical (unpaired) electrons. The van der Waals surface area contributed by atoms with Gasteiger partial charge in [0.1, 0.15) is 11.6 Å². The number of amides is 1. The van der Waals surface area contributed by atoms with Crippen molar-refractivity contribution in [2.24, 2.45) is 0 Å². The number of anilines is 1. The lowest BCUT2D eigenvalue weighted by Gasteiger charge is -2.11. The van der Waals surface area contributed by atoms with Crippen LogP contribution in [-0.2, 0) is 11.2 Å². The van der Waals surface area contributed by atoms with Crippen LogP contribution in [-0.4, -0.2) is 10.5 Å². The molecule has 3 rings (SSSR count). The van der Waals surface area contributed by atoms with Crippen molar-refractivity contribution in [2.75, 3.05) is 5.32 Å². The molecule has 31 heavy (non-hydrogen) atoms. The molecule has 3 aromatic rings. The fourth-order valence-electron chi connectivity index (χ4n) is 3.75. The number of nitriles is 1. The number of aryl methyl sites for hydroxylation is 3. The van der Waals surface area contributed by atoms with E-state index in [4.69, 9.17) is 0 Å². The summed E-state index contributed by atoms with van der Waals surface area (Å²) in [4.78, 5) is 12.6. The maximum atomic E-state index is 12.6. The second-order valence-electron chi connectivity index (χ2n) is 7.93. The van der Waals surface area contributed by atoms with E-state index in [0.29, 0.717) is 5.69 Å². The van der Waals surface area contributed by atoms with Crippen molar-refractivity contribution in [3.05, 3.63) is 88.2 Å². The molecule has 0 aliphatic rings. The molecule has 0 spiro atoms. The largest absolute Gasteiger partial charge is 0.321 e. The second-order valence-corrected chi connectivity index (χ2v) is 7.93. The van der Waals surface area contributed by atoms with Crippen molar-refractivity contribution in [1.82, 2.24) is 4.57 Å². The Labute approximate surface area is 184 Å². The van der Waals surface area contributed by atoms with Crippen LogP contribution in [0.25, 0.3) is 11.8 Å². The summed E-state index contributed by atoms with van der Waals surface area (Å²) in [5, 5.41) is 12.4. The molecule has 4 nitrogen and oxygen atoms in total. The zero-order valence-electron chi connectivity index (χ0n) is 18.7. The average molecular weight is 412 g/mol. The quantitative estimate of drug-likeness (QED) is 0.367. The number of carbonyl (C=O) groups is 1. The van der Waals surface area contributed by atoms with E-state index < -0.39 is 5.91 Å².